The van der Waals surface area contributed by atoms with Crippen LogP contribution in [0, 0.1) is 0 Å². The predicted molar refractivity (Wildman–Crippen MR) is 77.3 cm³/mol. The quantitative estimate of drug-likeness (QED) is 0.928. The molecule has 1 atom stereocenters. The van der Waals surface area contributed by atoms with Gasteiger partial charge in [-0.15, -0.1) is 11.8 Å². The second-order valence-electron chi connectivity index (χ2n) is 4.61. The van der Waals surface area contributed by atoms with Crippen molar-refractivity contribution in [3.8, 4) is 0 Å². The number of carbonyl (C=O) groups excluding carboxylic acids is 1. The van der Waals surface area contributed by atoms with Crippen LogP contribution in [-0.2, 0) is 11.3 Å². The van der Waals surface area contributed by atoms with E-state index in [0.29, 0.717) is 6.54 Å². The summed E-state index contributed by atoms with van der Waals surface area (Å²) < 4.78 is 2.07. The molecule has 1 aliphatic rings. The topological polar surface area (TPSA) is 34.0 Å². The standard InChI is InChI=1S/C15H16N2OS/c18-15(16-7-10-17-8-3-4-9-17)13-11-19-14-6-2-1-5-12(13)14/h1-6,8-9,13H,7,10-11H2,(H,16,18)/t13-/m0/s1. The Kier molecular flexibility index (Phi) is 3.60. The fraction of sp³-hybridized carbons (Fsp3) is 0.267. The Bertz CT molecular complexity index is 565. The molecular formula is C15H16N2OS. The maximum Gasteiger partial charge on any atom is 0.228 e. The average Bonchev–Trinajstić information content (AvgIpc) is 3.07. The largest absolute Gasteiger partial charge is 0.354 e. The third-order valence-corrected chi connectivity index (χ3v) is 4.53. The molecule has 4 heteroatoms. The molecule has 0 saturated carbocycles. The number of hydrogen-bond acceptors (Lipinski definition) is 2. The first kappa shape index (κ1) is 12.4. The predicted octanol–water partition coefficient (Wildman–Crippen LogP) is 2.49. The van der Waals surface area contributed by atoms with Gasteiger partial charge in [-0.1, -0.05) is 18.2 Å². The molecule has 0 aliphatic carbocycles. The summed E-state index contributed by atoms with van der Waals surface area (Å²) in [6.45, 7) is 1.50. The SMILES string of the molecule is O=C(NCCn1cccc1)[C@H]1CSc2ccccc21. The number of rotatable bonds is 4. The molecule has 0 spiro atoms. The van der Waals surface area contributed by atoms with Gasteiger partial charge in [0, 0.05) is 36.1 Å². The highest BCUT2D eigenvalue weighted by molar-refractivity contribution is 7.99. The first-order valence-corrected chi connectivity index (χ1v) is 7.43. The molecule has 1 amide bonds. The molecule has 1 aromatic heterocycles. The van der Waals surface area contributed by atoms with Crippen molar-refractivity contribution < 1.29 is 4.79 Å². The van der Waals surface area contributed by atoms with Gasteiger partial charge >= 0.3 is 0 Å². The smallest absolute Gasteiger partial charge is 0.228 e. The van der Waals surface area contributed by atoms with Crippen molar-refractivity contribution in [2.45, 2.75) is 17.4 Å². The lowest BCUT2D eigenvalue weighted by molar-refractivity contribution is -0.122. The van der Waals surface area contributed by atoms with Gasteiger partial charge in [0.2, 0.25) is 5.91 Å². The zero-order valence-corrected chi connectivity index (χ0v) is 11.4. The van der Waals surface area contributed by atoms with Gasteiger partial charge in [0.1, 0.15) is 0 Å². The van der Waals surface area contributed by atoms with Crippen molar-refractivity contribution >= 4 is 17.7 Å². The van der Waals surface area contributed by atoms with Gasteiger partial charge in [0.15, 0.2) is 0 Å². The van der Waals surface area contributed by atoms with E-state index < -0.39 is 0 Å². The Hall–Kier alpha value is -1.68. The molecule has 1 aromatic carbocycles. The van der Waals surface area contributed by atoms with Gasteiger partial charge in [0.25, 0.3) is 0 Å². The lowest BCUT2D eigenvalue weighted by Gasteiger charge is -2.12. The molecular weight excluding hydrogens is 256 g/mol. The van der Waals surface area contributed by atoms with Crippen LogP contribution >= 0.6 is 11.8 Å². The highest BCUT2D eigenvalue weighted by Gasteiger charge is 2.28. The van der Waals surface area contributed by atoms with Crippen LogP contribution in [0.25, 0.3) is 0 Å². The van der Waals surface area contributed by atoms with Gasteiger partial charge in [0.05, 0.1) is 5.92 Å². The highest BCUT2D eigenvalue weighted by atomic mass is 32.2. The molecule has 0 radical (unpaired) electrons. The summed E-state index contributed by atoms with van der Waals surface area (Å²) in [6, 6.07) is 12.2. The summed E-state index contributed by atoms with van der Waals surface area (Å²) in [6.07, 6.45) is 4.01. The monoisotopic (exact) mass is 272 g/mol. The lowest BCUT2D eigenvalue weighted by Crippen LogP contribution is -2.31. The summed E-state index contributed by atoms with van der Waals surface area (Å²) in [5.74, 6) is 1.00. The van der Waals surface area contributed by atoms with E-state index in [9.17, 15) is 4.79 Å². The van der Waals surface area contributed by atoms with Crippen molar-refractivity contribution in [3.05, 3.63) is 54.4 Å². The summed E-state index contributed by atoms with van der Waals surface area (Å²) in [5, 5.41) is 3.03. The summed E-state index contributed by atoms with van der Waals surface area (Å²) in [7, 11) is 0. The molecule has 98 valence electrons. The van der Waals surface area contributed by atoms with E-state index in [0.717, 1.165) is 12.3 Å². The number of thioether (sulfide) groups is 1. The maximum atomic E-state index is 12.2. The van der Waals surface area contributed by atoms with Gasteiger partial charge in [-0.05, 0) is 23.8 Å². The van der Waals surface area contributed by atoms with Crippen LogP contribution in [-0.4, -0.2) is 22.8 Å². The third kappa shape index (κ3) is 2.68. The van der Waals surface area contributed by atoms with E-state index in [4.69, 9.17) is 0 Å². The average molecular weight is 272 g/mol. The molecule has 2 heterocycles. The minimum Gasteiger partial charge on any atom is -0.354 e. The molecule has 0 bridgehead atoms. The van der Waals surface area contributed by atoms with E-state index in [2.05, 4.69) is 22.0 Å². The molecule has 0 fully saturated rings. The van der Waals surface area contributed by atoms with Crippen LogP contribution < -0.4 is 5.32 Å². The minimum absolute atomic E-state index is 0.00543. The Morgan fingerprint density at radius 3 is 2.89 bits per heavy atom. The van der Waals surface area contributed by atoms with Crippen molar-refractivity contribution in [3.63, 3.8) is 0 Å². The van der Waals surface area contributed by atoms with E-state index in [1.54, 1.807) is 11.8 Å². The molecule has 3 rings (SSSR count). The second-order valence-corrected chi connectivity index (χ2v) is 5.68. The Morgan fingerprint density at radius 2 is 2.05 bits per heavy atom. The van der Waals surface area contributed by atoms with Crippen LogP contribution in [0.1, 0.15) is 11.5 Å². The third-order valence-electron chi connectivity index (χ3n) is 3.35. The Morgan fingerprint density at radius 1 is 1.26 bits per heavy atom. The number of nitrogens with one attached hydrogen (secondary N) is 1. The van der Waals surface area contributed by atoms with E-state index in [1.165, 1.54) is 10.5 Å². The van der Waals surface area contributed by atoms with Crippen LogP contribution in [0.2, 0.25) is 0 Å². The molecule has 0 unspecified atom stereocenters. The minimum atomic E-state index is 0.00543. The first-order valence-electron chi connectivity index (χ1n) is 6.45. The molecule has 0 saturated heterocycles. The number of fused-ring (bicyclic) bond motifs is 1. The number of nitrogens with zero attached hydrogens (tertiary/aromatic N) is 1. The number of carbonyl (C=O) groups is 1. The van der Waals surface area contributed by atoms with Gasteiger partial charge in [-0.2, -0.15) is 0 Å². The van der Waals surface area contributed by atoms with Crippen LogP contribution in [0.15, 0.2) is 53.7 Å². The molecule has 1 aliphatic heterocycles. The van der Waals surface area contributed by atoms with E-state index in [1.807, 2.05) is 36.7 Å². The zero-order chi connectivity index (χ0) is 13.1. The molecule has 19 heavy (non-hydrogen) atoms. The number of aromatic nitrogens is 1. The molecule has 2 aromatic rings. The normalized spacial score (nSPS) is 17.2. The number of hydrogen-bond donors (Lipinski definition) is 1. The van der Waals surface area contributed by atoms with Gasteiger partial charge in [-0.3, -0.25) is 4.79 Å². The van der Waals surface area contributed by atoms with E-state index in [-0.39, 0.29) is 11.8 Å². The lowest BCUT2D eigenvalue weighted by atomic mass is 10.0. The Labute approximate surface area is 117 Å². The summed E-state index contributed by atoms with van der Waals surface area (Å²) >= 11 is 1.77. The van der Waals surface area contributed by atoms with E-state index >= 15 is 0 Å². The fourth-order valence-corrected chi connectivity index (χ4v) is 3.56. The van der Waals surface area contributed by atoms with Crippen molar-refractivity contribution in [2.24, 2.45) is 0 Å². The van der Waals surface area contributed by atoms with Crippen molar-refractivity contribution in [1.29, 1.82) is 0 Å². The highest BCUT2D eigenvalue weighted by Crippen LogP contribution is 2.39. The maximum absolute atomic E-state index is 12.2. The fourth-order valence-electron chi connectivity index (χ4n) is 2.33. The molecule has 1 N–H and O–H groups in total. The Balaban J connectivity index is 1.57. The molecule has 3 nitrogen and oxygen atoms in total. The number of amides is 1. The second kappa shape index (κ2) is 5.53. The van der Waals surface area contributed by atoms with Crippen LogP contribution in [0.5, 0.6) is 0 Å². The summed E-state index contributed by atoms with van der Waals surface area (Å²) in [4.78, 5) is 13.4. The summed E-state index contributed by atoms with van der Waals surface area (Å²) in [5.41, 5.74) is 1.17. The van der Waals surface area contributed by atoms with Crippen molar-refractivity contribution in [1.82, 2.24) is 9.88 Å². The van der Waals surface area contributed by atoms with Crippen molar-refractivity contribution in [2.75, 3.05) is 12.3 Å². The zero-order valence-electron chi connectivity index (χ0n) is 10.6. The van der Waals surface area contributed by atoms with Crippen LogP contribution in [0.3, 0.4) is 0 Å². The van der Waals surface area contributed by atoms with Crippen LogP contribution in [0.4, 0.5) is 0 Å². The van der Waals surface area contributed by atoms with Gasteiger partial charge < -0.3 is 9.88 Å². The van der Waals surface area contributed by atoms with Gasteiger partial charge in [-0.25, -0.2) is 0 Å². The number of benzene rings is 1. The first-order chi connectivity index (χ1) is 9.34.